The molecule has 0 aliphatic carbocycles. The monoisotopic (exact) mass is 203 g/mol. The number of benzene rings is 1. The predicted molar refractivity (Wildman–Crippen MR) is 56.8 cm³/mol. The van der Waals surface area contributed by atoms with E-state index in [1.54, 1.807) is 6.07 Å². The molecule has 0 aliphatic rings. The van der Waals surface area contributed by atoms with Gasteiger partial charge in [0.05, 0.1) is 13.2 Å². The largest absolute Gasteiger partial charge is 0.496 e. The van der Waals surface area contributed by atoms with E-state index >= 15 is 0 Å². The van der Waals surface area contributed by atoms with Crippen LogP contribution in [0.3, 0.4) is 0 Å². The van der Waals surface area contributed by atoms with Crippen LogP contribution in [0.4, 0.5) is 0 Å². The van der Waals surface area contributed by atoms with Crippen LogP contribution in [0.1, 0.15) is 24.0 Å². The van der Waals surface area contributed by atoms with Crippen LogP contribution < -0.4 is 4.74 Å². The van der Waals surface area contributed by atoms with Crippen LogP contribution in [0.25, 0.3) is 0 Å². The fourth-order valence-electron chi connectivity index (χ4n) is 1.42. The zero-order valence-corrected chi connectivity index (χ0v) is 8.86. The van der Waals surface area contributed by atoms with Crippen LogP contribution in [0, 0.1) is 11.3 Å². The lowest BCUT2D eigenvalue weighted by Gasteiger charge is -2.10. The van der Waals surface area contributed by atoms with E-state index in [0.717, 1.165) is 12.0 Å². The zero-order chi connectivity index (χ0) is 11.3. The standard InChI is InChI=1S/C12H13NO2/c1-3-9-4-5-12(15-2)11(6-9)10(7-13)8-14/h4-6,8,10H,3H2,1-2H3. The molecule has 0 N–H and O–H groups in total. The van der Waals surface area contributed by atoms with E-state index < -0.39 is 5.92 Å². The average molecular weight is 203 g/mol. The van der Waals surface area contributed by atoms with Crippen LogP contribution in [-0.2, 0) is 11.2 Å². The van der Waals surface area contributed by atoms with Crippen LogP contribution in [-0.4, -0.2) is 13.4 Å². The highest BCUT2D eigenvalue weighted by Gasteiger charge is 2.14. The highest BCUT2D eigenvalue weighted by molar-refractivity contribution is 5.68. The molecule has 0 aromatic heterocycles. The minimum absolute atomic E-state index is 0.589. The number of carbonyl (C=O) groups is 1. The number of aryl methyl sites for hydroxylation is 1. The minimum atomic E-state index is -0.744. The summed E-state index contributed by atoms with van der Waals surface area (Å²) in [5.74, 6) is -0.155. The summed E-state index contributed by atoms with van der Waals surface area (Å²) < 4.78 is 5.12. The molecule has 1 aromatic rings. The number of nitrogens with zero attached hydrogens (tertiary/aromatic N) is 1. The Morgan fingerprint density at radius 3 is 2.80 bits per heavy atom. The molecule has 0 spiro atoms. The number of nitriles is 1. The molecule has 0 bridgehead atoms. The van der Waals surface area contributed by atoms with Gasteiger partial charge >= 0.3 is 0 Å². The van der Waals surface area contributed by atoms with Crippen LogP contribution >= 0.6 is 0 Å². The van der Waals surface area contributed by atoms with Crippen molar-refractivity contribution in [2.75, 3.05) is 7.11 Å². The van der Waals surface area contributed by atoms with Crippen molar-refractivity contribution in [3.05, 3.63) is 29.3 Å². The fourth-order valence-corrected chi connectivity index (χ4v) is 1.42. The molecule has 1 aromatic carbocycles. The second kappa shape index (κ2) is 5.16. The molecule has 0 aliphatic heterocycles. The van der Waals surface area contributed by atoms with Gasteiger partial charge in [0.25, 0.3) is 0 Å². The molecule has 0 amide bonds. The quantitative estimate of drug-likeness (QED) is 0.704. The molecule has 1 rings (SSSR count). The van der Waals surface area contributed by atoms with Gasteiger partial charge in [-0.25, -0.2) is 0 Å². The zero-order valence-electron chi connectivity index (χ0n) is 8.86. The smallest absolute Gasteiger partial charge is 0.141 e. The maximum absolute atomic E-state index is 10.7. The Balaban J connectivity index is 3.23. The van der Waals surface area contributed by atoms with Crippen LogP contribution in [0.5, 0.6) is 5.75 Å². The van der Waals surface area contributed by atoms with E-state index in [4.69, 9.17) is 10.00 Å². The highest BCUT2D eigenvalue weighted by atomic mass is 16.5. The fraction of sp³-hybridized carbons (Fsp3) is 0.333. The van der Waals surface area contributed by atoms with Gasteiger partial charge in [-0.15, -0.1) is 0 Å². The molecule has 1 unspecified atom stereocenters. The lowest BCUT2D eigenvalue weighted by molar-refractivity contribution is -0.108. The lowest BCUT2D eigenvalue weighted by Crippen LogP contribution is -2.01. The summed E-state index contributed by atoms with van der Waals surface area (Å²) >= 11 is 0. The van der Waals surface area contributed by atoms with Gasteiger partial charge in [-0.2, -0.15) is 5.26 Å². The number of ether oxygens (including phenoxy) is 1. The van der Waals surface area contributed by atoms with E-state index in [2.05, 4.69) is 0 Å². The summed E-state index contributed by atoms with van der Waals surface area (Å²) in [5, 5.41) is 8.83. The van der Waals surface area contributed by atoms with Crippen molar-refractivity contribution in [1.82, 2.24) is 0 Å². The van der Waals surface area contributed by atoms with E-state index in [9.17, 15) is 4.79 Å². The number of carbonyl (C=O) groups excluding carboxylic acids is 1. The maximum atomic E-state index is 10.7. The summed E-state index contributed by atoms with van der Waals surface area (Å²) in [7, 11) is 1.53. The Morgan fingerprint density at radius 2 is 2.33 bits per heavy atom. The van der Waals surface area contributed by atoms with Gasteiger partial charge in [-0.1, -0.05) is 19.1 Å². The number of hydrogen-bond donors (Lipinski definition) is 0. The summed E-state index contributed by atoms with van der Waals surface area (Å²) in [6.45, 7) is 2.02. The van der Waals surface area contributed by atoms with Crippen molar-refractivity contribution in [2.24, 2.45) is 0 Å². The third-order valence-electron chi connectivity index (χ3n) is 2.31. The molecule has 3 nitrogen and oxygen atoms in total. The highest BCUT2D eigenvalue weighted by Crippen LogP contribution is 2.26. The summed E-state index contributed by atoms with van der Waals surface area (Å²) in [6.07, 6.45) is 1.51. The minimum Gasteiger partial charge on any atom is -0.496 e. The Hall–Kier alpha value is -1.82. The molecular formula is C12H13NO2. The molecule has 0 saturated carbocycles. The second-order valence-electron chi connectivity index (χ2n) is 3.17. The normalized spacial score (nSPS) is 11.5. The first-order valence-corrected chi connectivity index (χ1v) is 4.78. The van der Waals surface area contributed by atoms with Crippen LogP contribution in [0.2, 0.25) is 0 Å². The lowest BCUT2D eigenvalue weighted by atomic mass is 9.98. The topological polar surface area (TPSA) is 50.1 Å². The molecule has 3 heteroatoms. The van der Waals surface area contributed by atoms with Crippen molar-refractivity contribution < 1.29 is 9.53 Å². The summed E-state index contributed by atoms with van der Waals surface area (Å²) in [4.78, 5) is 10.7. The maximum Gasteiger partial charge on any atom is 0.141 e. The molecule has 0 fully saturated rings. The summed E-state index contributed by atoms with van der Waals surface area (Å²) in [6, 6.07) is 7.52. The van der Waals surface area contributed by atoms with Gasteiger partial charge in [-0.3, -0.25) is 0 Å². The first-order valence-electron chi connectivity index (χ1n) is 4.78. The van der Waals surface area contributed by atoms with Crippen molar-refractivity contribution in [3.8, 4) is 11.8 Å². The molecule has 78 valence electrons. The molecule has 0 saturated heterocycles. The Labute approximate surface area is 89.3 Å². The first kappa shape index (κ1) is 11.3. The number of rotatable bonds is 4. The summed E-state index contributed by atoms with van der Waals surface area (Å²) in [5.41, 5.74) is 1.74. The molecular weight excluding hydrogens is 190 g/mol. The third kappa shape index (κ3) is 2.35. The Kier molecular flexibility index (Phi) is 3.87. The number of hydrogen-bond acceptors (Lipinski definition) is 3. The molecule has 1 atom stereocenters. The van der Waals surface area contributed by atoms with Crippen LogP contribution in [0.15, 0.2) is 18.2 Å². The SMILES string of the molecule is CCc1ccc(OC)c(C(C#N)C=O)c1. The van der Waals surface area contributed by atoms with Gasteiger partial charge in [0.2, 0.25) is 0 Å². The number of aldehydes is 1. The molecule has 0 heterocycles. The van der Waals surface area contributed by atoms with Gasteiger partial charge in [-0.05, 0) is 18.1 Å². The van der Waals surface area contributed by atoms with Crippen molar-refractivity contribution in [2.45, 2.75) is 19.3 Å². The van der Waals surface area contributed by atoms with E-state index in [1.807, 2.05) is 25.1 Å². The van der Waals surface area contributed by atoms with Gasteiger partial charge in [0.1, 0.15) is 18.0 Å². The Morgan fingerprint density at radius 1 is 1.60 bits per heavy atom. The van der Waals surface area contributed by atoms with Gasteiger partial charge in [0, 0.05) is 5.56 Å². The number of methoxy groups -OCH3 is 1. The van der Waals surface area contributed by atoms with Gasteiger partial charge < -0.3 is 9.53 Å². The second-order valence-corrected chi connectivity index (χ2v) is 3.17. The van der Waals surface area contributed by atoms with Crippen molar-refractivity contribution >= 4 is 6.29 Å². The van der Waals surface area contributed by atoms with E-state index in [-0.39, 0.29) is 0 Å². The average Bonchev–Trinajstić information content (AvgIpc) is 2.30. The Bertz CT molecular complexity index is 393. The molecule has 15 heavy (non-hydrogen) atoms. The first-order chi connectivity index (χ1) is 7.26. The van der Waals surface area contributed by atoms with Gasteiger partial charge in [0.15, 0.2) is 0 Å². The van der Waals surface area contributed by atoms with E-state index in [0.29, 0.717) is 17.6 Å². The van der Waals surface area contributed by atoms with Crippen molar-refractivity contribution in [1.29, 1.82) is 5.26 Å². The third-order valence-corrected chi connectivity index (χ3v) is 2.31. The predicted octanol–water partition coefficient (Wildman–Crippen LogP) is 2.06. The van der Waals surface area contributed by atoms with E-state index in [1.165, 1.54) is 7.11 Å². The van der Waals surface area contributed by atoms with Crippen molar-refractivity contribution in [3.63, 3.8) is 0 Å². The molecule has 0 radical (unpaired) electrons.